The van der Waals surface area contributed by atoms with Gasteiger partial charge in [-0.05, 0) is 25.0 Å². The Labute approximate surface area is 102 Å². The third-order valence-electron chi connectivity index (χ3n) is 3.27. The molecule has 0 aliphatic carbocycles. The van der Waals surface area contributed by atoms with Crippen LogP contribution in [0, 0.1) is 0 Å². The van der Waals surface area contributed by atoms with Crippen LogP contribution in [0.5, 0.6) is 11.5 Å². The summed E-state index contributed by atoms with van der Waals surface area (Å²) in [4.78, 5) is 2.32. The van der Waals surface area contributed by atoms with Crippen LogP contribution in [0.15, 0.2) is 18.2 Å². The molecule has 1 heterocycles. The van der Waals surface area contributed by atoms with E-state index in [-0.39, 0.29) is 0 Å². The lowest BCUT2D eigenvalue weighted by Crippen LogP contribution is -2.39. The van der Waals surface area contributed by atoms with E-state index in [1.165, 1.54) is 0 Å². The van der Waals surface area contributed by atoms with Crippen LogP contribution >= 0.6 is 0 Å². The molecule has 1 aromatic rings. The van der Waals surface area contributed by atoms with Crippen molar-refractivity contribution in [2.75, 3.05) is 32.2 Å². The van der Waals surface area contributed by atoms with Gasteiger partial charge in [-0.25, -0.2) is 0 Å². The maximum atomic E-state index is 5.91. The Hall–Kier alpha value is -1.42. The van der Waals surface area contributed by atoms with Crippen molar-refractivity contribution in [3.63, 3.8) is 0 Å². The lowest BCUT2D eigenvalue weighted by Gasteiger charge is -2.32. The number of benzene rings is 1. The van der Waals surface area contributed by atoms with Crippen molar-refractivity contribution in [2.24, 2.45) is 5.73 Å². The number of piperidine rings is 1. The van der Waals surface area contributed by atoms with Gasteiger partial charge in [-0.2, -0.15) is 0 Å². The van der Waals surface area contributed by atoms with E-state index < -0.39 is 0 Å². The fraction of sp³-hybridized carbons (Fsp3) is 0.538. The normalized spacial score (nSPS) is 17.0. The zero-order valence-electron chi connectivity index (χ0n) is 10.5. The first-order valence-electron chi connectivity index (χ1n) is 5.97. The molecule has 2 rings (SSSR count). The first kappa shape index (κ1) is 12.0. The number of methoxy groups -OCH3 is 2. The highest BCUT2D eigenvalue weighted by Gasteiger charge is 2.19. The van der Waals surface area contributed by atoms with Gasteiger partial charge in [-0.1, -0.05) is 0 Å². The largest absolute Gasteiger partial charge is 0.497 e. The van der Waals surface area contributed by atoms with Crippen molar-refractivity contribution in [1.29, 1.82) is 0 Å². The maximum absolute atomic E-state index is 5.91. The molecule has 4 nitrogen and oxygen atoms in total. The Kier molecular flexibility index (Phi) is 3.74. The minimum atomic E-state index is 0.343. The van der Waals surface area contributed by atoms with Crippen LogP contribution in [0.25, 0.3) is 0 Å². The molecular weight excluding hydrogens is 216 g/mol. The van der Waals surface area contributed by atoms with Crippen molar-refractivity contribution < 1.29 is 9.47 Å². The molecule has 0 bridgehead atoms. The number of anilines is 1. The fourth-order valence-electron chi connectivity index (χ4n) is 2.19. The molecule has 94 valence electrons. The Bertz CT molecular complexity index is 374. The Balaban J connectivity index is 2.19. The van der Waals surface area contributed by atoms with Crippen molar-refractivity contribution in [3.05, 3.63) is 18.2 Å². The van der Waals surface area contributed by atoms with Gasteiger partial charge in [0.25, 0.3) is 0 Å². The molecule has 0 radical (unpaired) electrons. The van der Waals surface area contributed by atoms with Crippen molar-refractivity contribution in [2.45, 2.75) is 18.9 Å². The molecular formula is C13H20N2O2. The van der Waals surface area contributed by atoms with E-state index in [0.717, 1.165) is 43.1 Å². The molecule has 1 aromatic carbocycles. The van der Waals surface area contributed by atoms with Gasteiger partial charge in [-0.3, -0.25) is 0 Å². The number of nitrogens with two attached hydrogens (primary N) is 1. The lowest BCUT2D eigenvalue weighted by atomic mass is 10.1. The summed E-state index contributed by atoms with van der Waals surface area (Å²) in [5.41, 5.74) is 7.04. The van der Waals surface area contributed by atoms with Crippen LogP contribution in [0.2, 0.25) is 0 Å². The third kappa shape index (κ3) is 2.64. The molecule has 1 aliphatic heterocycles. The van der Waals surface area contributed by atoms with Crippen LogP contribution in [0.1, 0.15) is 12.8 Å². The van der Waals surface area contributed by atoms with Crippen molar-refractivity contribution in [3.8, 4) is 11.5 Å². The van der Waals surface area contributed by atoms with Gasteiger partial charge in [0.2, 0.25) is 0 Å². The third-order valence-corrected chi connectivity index (χ3v) is 3.27. The molecule has 0 saturated carbocycles. The number of hydrogen-bond donors (Lipinski definition) is 1. The molecule has 0 amide bonds. The minimum Gasteiger partial charge on any atom is -0.497 e. The number of hydrogen-bond acceptors (Lipinski definition) is 4. The summed E-state index contributed by atoms with van der Waals surface area (Å²) >= 11 is 0. The highest BCUT2D eigenvalue weighted by atomic mass is 16.5. The number of ether oxygens (including phenoxy) is 2. The summed E-state index contributed by atoms with van der Waals surface area (Å²) in [6.07, 6.45) is 2.07. The summed E-state index contributed by atoms with van der Waals surface area (Å²) in [5.74, 6) is 1.68. The van der Waals surface area contributed by atoms with E-state index in [1.807, 2.05) is 12.1 Å². The van der Waals surface area contributed by atoms with Gasteiger partial charge in [0.05, 0.1) is 19.9 Å². The summed E-state index contributed by atoms with van der Waals surface area (Å²) in [6.45, 7) is 1.98. The molecule has 4 heteroatoms. The Morgan fingerprint density at radius 1 is 1.18 bits per heavy atom. The molecule has 17 heavy (non-hydrogen) atoms. The van der Waals surface area contributed by atoms with Crippen molar-refractivity contribution in [1.82, 2.24) is 0 Å². The van der Waals surface area contributed by atoms with Crippen LogP contribution in [0.4, 0.5) is 5.69 Å². The summed E-state index contributed by atoms with van der Waals surface area (Å²) in [7, 11) is 3.35. The van der Waals surface area contributed by atoms with E-state index in [9.17, 15) is 0 Å². The number of nitrogens with zero attached hydrogens (tertiary/aromatic N) is 1. The molecule has 2 N–H and O–H groups in total. The van der Waals surface area contributed by atoms with E-state index in [0.29, 0.717) is 6.04 Å². The second-order valence-electron chi connectivity index (χ2n) is 4.36. The minimum absolute atomic E-state index is 0.343. The molecule has 0 atom stereocenters. The van der Waals surface area contributed by atoms with Crippen molar-refractivity contribution >= 4 is 5.69 Å². The smallest absolute Gasteiger partial charge is 0.145 e. The average Bonchev–Trinajstić information content (AvgIpc) is 2.39. The van der Waals surface area contributed by atoms with E-state index >= 15 is 0 Å². The lowest BCUT2D eigenvalue weighted by molar-refractivity contribution is 0.392. The van der Waals surface area contributed by atoms with Gasteiger partial charge in [0.15, 0.2) is 0 Å². The molecule has 0 spiro atoms. The van der Waals surface area contributed by atoms with Gasteiger partial charge >= 0.3 is 0 Å². The maximum Gasteiger partial charge on any atom is 0.145 e. The quantitative estimate of drug-likeness (QED) is 0.866. The predicted octanol–water partition coefficient (Wildman–Crippen LogP) is 1.63. The van der Waals surface area contributed by atoms with Gasteiger partial charge < -0.3 is 20.1 Å². The summed E-state index contributed by atoms with van der Waals surface area (Å²) in [5, 5.41) is 0. The monoisotopic (exact) mass is 236 g/mol. The first-order valence-corrected chi connectivity index (χ1v) is 5.97. The zero-order chi connectivity index (χ0) is 12.3. The fourth-order valence-corrected chi connectivity index (χ4v) is 2.19. The van der Waals surface area contributed by atoms with Gasteiger partial charge in [0.1, 0.15) is 11.5 Å². The van der Waals surface area contributed by atoms with Gasteiger partial charge in [0, 0.05) is 25.2 Å². The number of rotatable bonds is 3. The predicted molar refractivity (Wildman–Crippen MR) is 69.0 cm³/mol. The second kappa shape index (κ2) is 5.27. The average molecular weight is 236 g/mol. The summed E-state index contributed by atoms with van der Waals surface area (Å²) in [6, 6.07) is 6.28. The van der Waals surface area contributed by atoms with E-state index in [1.54, 1.807) is 14.2 Å². The molecule has 1 aliphatic rings. The van der Waals surface area contributed by atoms with Gasteiger partial charge in [-0.15, -0.1) is 0 Å². The van der Waals surface area contributed by atoms with E-state index in [2.05, 4.69) is 11.0 Å². The molecule has 0 unspecified atom stereocenters. The van der Waals surface area contributed by atoms with Crippen LogP contribution in [-0.2, 0) is 0 Å². The highest BCUT2D eigenvalue weighted by molar-refractivity contribution is 5.61. The molecule has 0 aromatic heterocycles. The van der Waals surface area contributed by atoms with Crippen LogP contribution < -0.4 is 20.1 Å². The first-order chi connectivity index (χ1) is 8.24. The summed E-state index contributed by atoms with van der Waals surface area (Å²) < 4.78 is 10.6. The SMILES string of the molecule is COc1ccc(N2CCC(N)CC2)c(OC)c1. The standard InChI is InChI=1S/C13H20N2O2/c1-16-11-3-4-12(13(9-11)17-2)15-7-5-10(14)6-8-15/h3-4,9-10H,5-8,14H2,1-2H3. The Morgan fingerprint density at radius 2 is 1.88 bits per heavy atom. The van der Waals surface area contributed by atoms with Crippen LogP contribution in [0.3, 0.4) is 0 Å². The van der Waals surface area contributed by atoms with E-state index in [4.69, 9.17) is 15.2 Å². The zero-order valence-corrected chi connectivity index (χ0v) is 10.5. The molecule has 1 fully saturated rings. The second-order valence-corrected chi connectivity index (χ2v) is 4.36. The highest BCUT2D eigenvalue weighted by Crippen LogP contribution is 2.33. The Morgan fingerprint density at radius 3 is 2.47 bits per heavy atom. The van der Waals surface area contributed by atoms with Crippen LogP contribution in [-0.4, -0.2) is 33.4 Å². The topological polar surface area (TPSA) is 47.7 Å². The molecule has 1 saturated heterocycles.